The van der Waals surface area contributed by atoms with E-state index in [-0.39, 0.29) is 0 Å². The van der Waals surface area contributed by atoms with E-state index in [0.29, 0.717) is 23.0 Å². The van der Waals surface area contributed by atoms with Crippen molar-refractivity contribution in [3.8, 4) is 23.0 Å². The van der Waals surface area contributed by atoms with Crippen molar-refractivity contribution in [1.82, 2.24) is 0 Å². The Bertz CT molecular complexity index is 1300. The van der Waals surface area contributed by atoms with Gasteiger partial charge in [0.05, 0.1) is 0 Å². The number of para-hydroxylation sites is 4. The zero-order chi connectivity index (χ0) is 24.9. The van der Waals surface area contributed by atoms with E-state index in [1.165, 1.54) is 0 Å². The van der Waals surface area contributed by atoms with Gasteiger partial charge >= 0.3 is 15.3 Å². The molecule has 0 spiro atoms. The van der Waals surface area contributed by atoms with Gasteiger partial charge in [0.25, 0.3) is 0 Å². The summed E-state index contributed by atoms with van der Waals surface area (Å²) in [6.45, 7) is 0. The minimum atomic E-state index is -3.60. The minimum Gasteiger partial charge on any atom is -0.413 e. The second kappa shape index (κ2) is 10.4. The number of hydrogen-bond donors (Lipinski definition) is 2. The molecule has 0 fully saturated rings. The Morgan fingerprint density at radius 3 is 0.972 bits per heavy atom. The molecule has 1 aliphatic rings. The third kappa shape index (κ3) is 6.08. The highest BCUT2D eigenvalue weighted by atomic mass is 31.3. The van der Waals surface area contributed by atoms with Crippen LogP contribution in [0.15, 0.2) is 135 Å². The molecule has 12 heteroatoms. The van der Waals surface area contributed by atoms with Crippen LogP contribution in [0.1, 0.15) is 0 Å². The standard InChI is InChI=1S/C24H24N5O4P3/c25-34(26)27-35(30-21-13-5-1-6-14-21,31-22-15-7-2-8-16-22)29-36(28-34,32-23-17-9-3-10-18-23)33-24-19-11-4-12-20-24/h1-20H,25-26H2. The lowest BCUT2D eigenvalue weighted by Gasteiger charge is -2.31. The van der Waals surface area contributed by atoms with Crippen molar-refractivity contribution in [2.45, 2.75) is 0 Å². The topological polar surface area (TPSA) is 126 Å². The van der Waals surface area contributed by atoms with Gasteiger partial charge in [0.2, 0.25) is 7.51 Å². The summed E-state index contributed by atoms with van der Waals surface area (Å²) in [5.41, 5.74) is 12.9. The maximum Gasteiger partial charge on any atom is 0.457 e. The van der Waals surface area contributed by atoms with Crippen LogP contribution in [-0.2, 0) is 0 Å². The van der Waals surface area contributed by atoms with Crippen molar-refractivity contribution in [3.05, 3.63) is 121 Å². The smallest absolute Gasteiger partial charge is 0.413 e. The van der Waals surface area contributed by atoms with Crippen molar-refractivity contribution >= 4 is 22.8 Å². The van der Waals surface area contributed by atoms with E-state index >= 15 is 0 Å². The summed E-state index contributed by atoms with van der Waals surface area (Å²) >= 11 is 0. The normalized spacial score (nSPS) is 16.8. The predicted octanol–water partition coefficient (Wildman–Crippen LogP) is 8.07. The molecule has 5 rings (SSSR count). The molecule has 0 amide bonds. The van der Waals surface area contributed by atoms with Gasteiger partial charge in [-0.3, -0.25) is 11.0 Å². The molecule has 0 radical (unpaired) electrons. The van der Waals surface area contributed by atoms with Crippen LogP contribution in [0.5, 0.6) is 23.0 Å². The molecule has 1 heterocycles. The number of rotatable bonds is 8. The zero-order valence-electron chi connectivity index (χ0n) is 19.0. The van der Waals surface area contributed by atoms with Crippen molar-refractivity contribution in [2.75, 3.05) is 0 Å². The maximum absolute atomic E-state index is 6.47. The highest BCUT2D eigenvalue weighted by molar-refractivity contribution is 7.80. The van der Waals surface area contributed by atoms with Gasteiger partial charge in [-0.2, -0.15) is 0 Å². The highest BCUT2D eigenvalue weighted by Crippen LogP contribution is 2.74. The molecule has 9 nitrogen and oxygen atoms in total. The lowest BCUT2D eigenvalue weighted by Crippen LogP contribution is -2.12. The first-order valence-corrected chi connectivity index (χ1v) is 15.8. The van der Waals surface area contributed by atoms with Crippen molar-refractivity contribution in [2.24, 2.45) is 24.6 Å². The Kier molecular flexibility index (Phi) is 7.01. The van der Waals surface area contributed by atoms with E-state index in [1.807, 2.05) is 72.8 Å². The van der Waals surface area contributed by atoms with Crippen LogP contribution in [-0.4, -0.2) is 0 Å². The maximum atomic E-state index is 6.47. The van der Waals surface area contributed by atoms with Crippen LogP contribution in [0.25, 0.3) is 0 Å². The molecule has 0 atom stereocenters. The second-order valence-corrected chi connectivity index (χ2v) is 13.8. The molecule has 4 N–H and O–H groups in total. The Morgan fingerprint density at radius 2 is 0.667 bits per heavy atom. The SMILES string of the molecule is NP1(N)=NP(Oc2ccccc2)(Oc2ccccc2)=NP(Oc2ccccc2)(Oc2ccccc2)=N1. The van der Waals surface area contributed by atoms with Crippen LogP contribution in [0.2, 0.25) is 0 Å². The van der Waals surface area contributed by atoms with E-state index in [1.54, 1.807) is 48.5 Å². The van der Waals surface area contributed by atoms with Crippen molar-refractivity contribution < 1.29 is 18.1 Å². The number of hydrogen-bond acceptors (Lipinski definition) is 9. The van der Waals surface area contributed by atoms with E-state index in [0.717, 1.165) is 0 Å². The summed E-state index contributed by atoms with van der Waals surface area (Å²) < 4.78 is 39.4. The van der Waals surface area contributed by atoms with Crippen molar-refractivity contribution in [3.63, 3.8) is 0 Å². The fourth-order valence-corrected chi connectivity index (χ4v) is 11.5. The fraction of sp³-hybridized carbons (Fsp3) is 0. The molecule has 4 aromatic rings. The van der Waals surface area contributed by atoms with E-state index in [9.17, 15) is 0 Å². The number of nitrogens with zero attached hydrogens (tertiary/aromatic N) is 3. The lowest BCUT2D eigenvalue weighted by atomic mass is 10.3. The third-order valence-electron chi connectivity index (χ3n) is 4.61. The first-order valence-electron chi connectivity index (χ1n) is 10.9. The van der Waals surface area contributed by atoms with Gasteiger partial charge in [0, 0.05) is 0 Å². The number of benzene rings is 4. The molecular weight excluding hydrogens is 515 g/mol. The molecule has 0 saturated carbocycles. The van der Waals surface area contributed by atoms with Gasteiger partial charge < -0.3 is 18.1 Å². The van der Waals surface area contributed by atoms with Crippen LogP contribution in [0.3, 0.4) is 0 Å². The van der Waals surface area contributed by atoms with E-state index in [4.69, 9.17) is 33.6 Å². The van der Waals surface area contributed by atoms with E-state index < -0.39 is 22.8 Å². The molecule has 1 aliphatic heterocycles. The molecule has 4 aromatic carbocycles. The molecule has 0 aliphatic carbocycles. The quantitative estimate of drug-likeness (QED) is 0.218. The van der Waals surface area contributed by atoms with Gasteiger partial charge in [0.15, 0.2) is 0 Å². The van der Waals surface area contributed by atoms with Gasteiger partial charge in [0.1, 0.15) is 23.0 Å². The first-order chi connectivity index (χ1) is 17.4. The Morgan fingerprint density at radius 1 is 0.389 bits per heavy atom. The molecule has 184 valence electrons. The summed E-state index contributed by atoms with van der Waals surface area (Å²) in [7, 11) is -10.6. The summed E-state index contributed by atoms with van der Waals surface area (Å²) in [6.07, 6.45) is 0. The third-order valence-corrected chi connectivity index (χ3v) is 12.3. The van der Waals surface area contributed by atoms with Crippen molar-refractivity contribution in [1.29, 1.82) is 0 Å². The highest BCUT2D eigenvalue weighted by Gasteiger charge is 2.43. The largest absolute Gasteiger partial charge is 0.457 e. The van der Waals surface area contributed by atoms with Gasteiger partial charge in [-0.05, 0) is 48.5 Å². The second-order valence-electron chi connectivity index (χ2n) is 7.57. The number of nitrogens with two attached hydrogens (primary N) is 2. The zero-order valence-corrected chi connectivity index (χ0v) is 21.7. The summed E-state index contributed by atoms with van der Waals surface area (Å²) in [6, 6.07) is 36.3. The molecular formula is C24H24N5O4P3. The molecule has 36 heavy (non-hydrogen) atoms. The van der Waals surface area contributed by atoms with Crippen LogP contribution >= 0.6 is 22.8 Å². The Balaban J connectivity index is 1.72. The Labute approximate surface area is 209 Å². The molecule has 0 bridgehead atoms. The average molecular weight is 539 g/mol. The summed E-state index contributed by atoms with van der Waals surface area (Å²) in [5.74, 6) is 1.92. The fourth-order valence-electron chi connectivity index (χ4n) is 3.22. The predicted molar refractivity (Wildman–Crippen MR) is 145 cm³/mol. The molecule has 0 unspecified atom stereocenters. The van der Waals surface area contributed by atoms with Gasteiger partial charge in [-0.15, -0.1) is 9.03 Å². The van der Waals surface area contributed by atoms with Crippen LogP contribution < -0.4 is 29.1 Å². The Hall–Kier alpha value is -3.31. The average Bonchev–Trinajstić information content (AvgIpc) is 2.85. The monoisotopic (exact) mass is 539 g/mol. The van der Waals surface area contributed by atoms with Crippen LogP contribution in [0, 0.1) is 0 Å². The van der Waals surface area contributed by atoms with E-state index in [2.05, 4.69) is 9.03 Å². The first kappa shape index (κ1) is 24.4. The summed E-state index contributed by atoms with van der Waals surface area (Å²) in [4.78, 5) is 0. The summed E-state index contributed by atoms with van der Waals surface area (Å²) in [5, 5.41) is 0. The molecule has 0 saturated heterocycles. The molecule has 0 aromatic heterocycles. The minimum absolute atomic E-state index is 0.480. The van der Waals surface area contributed by atoms with Crippen LogP contribution in [0.4, 0.5) is 0 Å². The van der Waals surface area contributed by atoms with Gasteiger partial charge in [-0.25, -0.2) is 0 Å². The lowest BCUT2D eigenvalue weighted by molar-refractivity contribution is 0.460. The van der Waals surface area contributed by atoms with Gasteiger partial charge in [-0.1, -0.05) is 77.3 Å².